The van der Waals surface area contributed by atoms with Crippen LogP contribution in [0.3, 0.4) is 0 Å². The number of nitrogens with two attached hydrogens (primary N) is 1. The fourth-order valence-corrected chi connectivity index (χ4v) is 3.12. The van der Waals surface area contributed by atoms with Crippen molar-refractivity contribution in [1.82, 2.24) is 0 Å². The van der Waals surface area contributed by atoms with Gasteiger partial charge in [0.15, 0.2) is 17.3 Å². The smallest absolute Gasteiger partial charge is 0.207 e. The maximum atomic E-state index is 13.2. The van der Waals surface area contributed by atoms with Crippen LogP contribution in [-0.2, 0) is 0 Å². The summed E-state index contributed by atoms with van der Waals surface area (Å²) in [5, 5.41) is 0. The van der Waals surface area contributed by atoms with Gasteiger partial charge in [-0.2, -0.15) is 0 Å². The zero-order valence-electron chi connectivity index (χ0n) is 18.3. The molecule has 162 valence electrons. The first-order valence-corrected chi connectivity index (χ1v) is 9.60. The van der Waals surface area contributed by atoms with E-state index in [1.165, 1.54) is 28.4 Å². The molecule has 0 unspecified atom stereocenters. The Hall–Kier alpha value is -3.35. The van der Waals surface area contributed by atoms with Gasteiger partial charge in [0.05, 0.1) is 40.7 Å². The number of Topliss-reactive ketones (excluding diaryl/α,β-unsaturated/α-hetero) is 1. The Kier molecular flexibility index (Phi) is 7.98. The molecule has 0 aliphatic rings. The molecule has 7 nitrogen and oxygen atoms in total. The number of anilines is 1. The van der Waals surface area contributed by atoms with E-state index in [2.05, 4.69) is 0 Å². The number of ether oxygens (including phenoxy) is 5. The highest BCUT2D eigenvalue weighted by atomic mass is 16.5. The van der Waals surface area contributed by atoms with Gasteiger partial charge in [-0.15, -0.1) is 0 Å². The monoisotopic (exact) mass is 415 g/mol. The van der Waals surface area contributed by atoms with Crippen LogP contribution in [0, 0.1) is 0 Å². The van der Waals surface area contributed by atoms with E-state index >= 15 is 0 Å². The fraction of sp³-hybridized carbons (Fsp3) is 0.348. The van der Waals surface area contributed by atoms with Crippen LogP contribution in [0.4, 0.5) is 5.69 Å². The minimum absolute atomic E-state index is 0.130. The second-order valence-electron chi connectivity index (χ2n) is 6.31. The molecule has 2 aromatic carbocycles. The van der Waals surface area contributed by atoms with Crippen molar-refractivity contribution in [2.24, 2.45) is 0 Å². The summed E-state index contributed by atoms with van der Waals surface area (Å²) in [5.41, 5.74) is 8.13. The fourth-order valence-electron chi connectivity index (χ4n) is 3.12. The number of ketones is 1. The van der Waals surface area contributed by atoms with E-state index in [0.29, 0.717) is 64.2 Å². The summed E-state index contributed by atoms with van der Waals surface area (Å²) in [5.74, 6) is 2.08. The van der Waals surface area contributed by atoms with Crippen molar-refractivity contribution in [2.45, 2.75) is 20.3 Å². The first kappa shape index (κ1) is 22.9. The number of methoxy groups -OCH3 is 4. The second-order valence-corrected chi connectivity index (χ2v) is 6.31. The van der Waals surface area contributed by atoms with Gasteiger partial charge < -0.3 is 29.4 Å². The summed E-state index contributed by atoms with van der Waals surface area (Å²) in [7, 11) is 6.10. The van der Waals surface area contributed by atoms with Crippen molar-refractivity contribution in [3.8, 4) is 28.7 Å². The molecule has 0 aliphatic heterocycles. The minimum atomic E-state index is -0.130. The van der Waals surface area contributed by atoms with E-state index in [-0.39, 0.29) is 5.78 Å². The number of allylic oxidation sites excluding steroid dienone is 1. The lowest BCUT2D eigenvalue weighted by atomic mass is 9.98. The Morgan fingerprint density at radius 3 is 2.10 bits per heavy atom. The number of nitrogen functional groups attached to an aromatic ring is 1. The van der Waals surface area contributed by atoms with Crippen molar-refractivity contribution in [3.05, 3.63) is 41.0 Å². The van der Waals surface area contributed by atoms with Gasteiger partial charge in [-0.3, -0.25) is 4.79 Å². The standard InChI is InChI=1S/C23H29NO6/c1-7-14(20(25)15-9-10-17(24)18(12-15)30-8-2)11-16-13-19(26-3)22(28-5)23(29-6)21(16)27-4/h9-13H,7-8,24H2,1-6H3/b14-11+. The Balaban J connectivity index is 2.59. The SMILES string of the molecule is CCOc1cc(C(=O)/C(=C/c2cc(OC)c(OC)c(OC)c2OC)CC)ccc1N. The van der Waals surface area contributed by atoms with Gasteiger partial charge in [0.25, 0.3) is 0 Å². The topological polar surface area (TPSA) is 89.2 Å². The van der Waals surface area contributed by atoms with Crippen LogP contribution in [0.15, 0.2) is 29.8 Å². The Morgan fingerprint density at radius 2 is 1.57 bits per heavy atom. The van der Waals surface area contributed by atoms with Crippen molar-refractivity contribution >= 4 is 17.5 Å². The van der Waals surface area contributed by atoms with E-state index < -0.39 is 0 Å². The van der Waals surface area contributed by atoms with Gasteiger partial charge in [-0.25, -0.2) is 0 Å². The number of hydrogen-bond donors (Lipinski definition) is 1. The molecule has 0 fully saturated rings. The molecule has 0 amide bonds. The van der Waals surface area contributed by atoms with E-state index in [1.54, 1.807) is 30.3 Å². The molecule has 0 spiro atoms. The zero-order valence-corrected chi connectivity index (χ0v) is 18.3. The summed E-state index contributed by atoms with van der Waals surface area (Å²) in [6, 6.07) is 6.77. The average molecular weight is 415 g/mol. The maximum absolute atomic E-state index is 13.2. The predicted octanol–water partition coefficient (Wildman–Crippen LogP) is 4.38. The molecule has 0 aromatic heterocycles. The maximum Gasteiger partial charge on any atom is 0.207 e. The highest BCUT2D eigenvalue weighted by Gasteiger charge is 2.22. The van der Waals surface area contributed by atoms with Crippen LogP contribution in [0.5, 0.6) is 28.7 Å². The third kappa shape index (κ3) is 4.62. The number of rotatable bonds is 10. The lowest BCUT2D eigenvalue weighted by Gasteiger charge is -2.18. The van der Waals surface area contributed by atoms with Crippen LogP contribution in [0.25, 0.3) is 6.08 Å². The van der Waals surface area contributed by atoms with Crippen molar-refractivity contribution < 1.29 is 28.5 Å². The van der Waals surface area contributed by atoms with E-state index in [1.807, 2.05) is 13.8 Å². The number of carbonyl (C=O) groups excluding carboxylic acids is 1. The van der Waals surface area contributed by atoms with Gasteiger partial charge in [-0.1, -0.05) is 6.92 Å². The van der Waals surface area contributed by atoms with Crippen LogP contribution in [0.2, 0.25) is 0 Å². The summed E-state index contributed by atoms with van der Waals surface area (Å²) in [6.07, 6.45) is 2.27. The molecule has 0 saturated heterocycles. The third-order valence-electron chi connectivity index (χ3n) is 4.60. The Morgan fingerprint density at radius 1 is 0.900 bits per heavy atom. The highest BCUT2D eigenvalue weighted by Crippen LogP contribution is 2.47. The van der Waals surface area contributed by atoms with Crippen LogP contribution in [-0.4, -0.2) is 40.8 Å². The van der Waals surface area contributed by atoms with E-state index in [4.69, 9.17) is 29.4 Å². The lowest BCUT2D eigenvalue weighted by molar-refractivity contribution is 0.103. The van der Waals surface area contributed by atoms with E-state index in [0.717, 1.165) is 0 Å². The van der Waals surface area contributed by atoms with Gasteiger partial charge in [-0.05, 0) is 43.7 Å². The zero-order chi connectivity index (χ0) is 22.3. The predicted molar refractivity (Wildman–Crippen MR) is 117 cm³/mol. The van der Waals surface area contributed by atoms with Gasteiger partial charge >= 0.3 is 0 Å². The van der Waals surface area contributed by atoms with Crippen molar-refractivity contribution in [1.29, 1.82) is 0 Å². The normalized spacial score (nSPS) is 11.1. The van der Waals surface area contributed by atoms with Crippen molar-refractivity contribution in [3.63, 3.8) is 0 Å². The number of hydrogen-bond acceptors (Lipinski definition) is 7. The molecule has 30 heavy (non-hydrogen) atoms. The highest BCUT2D eigenvalue weighted by molar-refractivity contribution is 6.12. The van der Waals surface area contributed by atoms with Gasteiger partial charge in [0.2, 0.25) is 11.5 Å². The van der Waals surface area contributed by atoms with Crippen molar-refractivity contribution in [2.75, 3.05) is 40.8 Å². The molecule has 0 bridgehead atoms. The molecule has 0 radical (unpaired) electrons. The quantitative estimate of drug-likeness (QED) is 0.350. The molecule has 0 heterocycles. The summed E-state index contributed by atoms with van der Waals surface area (Å²) < 4.78 is 27.4. The second kappa shape index (κ2) is 10.4. The summed E-state index contributed by atoms with van der Waals surface area (Å²) >= 11 is 0. The van der Waals surface area contributed by atoms with Gasteiger partial charge in [0, 0.05) is 16.7 Å². The first-order valence-electron chi connectivity index (χ1n) is 9.60. The van der Waals surface area contributed by atoms with Crippen LogP contribution < -0.4 is 29.4 Å². The largest absolute Gasteiger partial charge is 0.493 e. The van der Waals surface area contributed by atoms with Crippen LogP contribution in [0.1, 0.15) is 36.2 Å². The molecule has 0 aliphatic carbocycles. The molecule has 0 atom stereocenters. The average Bonchev–Trinajstić information content (AvgIpc) is 2.77. The summed E-state index contributed by atoms with van der Waals surface area (Å²) in [4.78, 5) is 13.2. The number of benzene rings is 2. The molecule has 2 N–H and O–H groups in total. The van der Waals surface area contributed by atoms with Crippen LogP contribution >= 0.6 is 0 Å². The Bertz CT molecular complexity index is 936. The third-order valence-corrected chi connectivity index (χ3v) is 4.60. The molecule has 2 aromatic rings. The number of carbonyl (C=O) groups is 1. The Labute approximate surface area is 177 Å². The lowest BCUT2D eigenvalue weighted by Crippen LogP contribution is -2.06. The molecule has 2 rings (SSSR count). The van der Waals surface area contributed by atoms with E-state index in [9.17, 15) is 4.79 Å². The molecule has 0 saturated carbocycles. The first-order chi connectivity index (χ1) is 14.4. The molecular weight excluding hydrogens is 386 g/mol. The molecule has 7 heteroatoms. The minimum Gasteiger partial charge on any atom is -0.493 e. The van der Waals surface area contributed by atoms with Gasteiger partial charge in [0.1, 0.15) is 5.75 Å². The molecular formula is C23H29NO6. The summed E-state index contributed by atoms with van der Waals surface area (Å²) in [6.45, 7) is 4.23.